The summed E-state index contributed by atoms with van der Waals surface area (Å²) in [6, 6.07) is 0. The van der Waals surface area contributed by atoms with Crippen LogP contribution in [0.3, 0.4) is 0 Å². The van der Waals surface area contributed by atoms with Gasteiger partial charge in [-0.05, 0) is 0 Å². The molecule has 0 amide bonds. The average Bonchev–Trinajstić information content (AvgIpc) is 3.55. The molecule has 0 aliphatic carbocycles. The molecule has 0 saturated carbocycles. The molecule has 0 aromatic heterocycles. The molecule has 4 aliphatic heterocycles. The SMILES string of the molecule is OC[C@@H]1O[C@@H](O[C@]2(CO[C@]3(CO[C@]4(CO)O[C@H](CO)[C@H](O)[C@@H]4O)O[C@H](CO)[C@H](O)[C@@H]3O)O[C@H](CO)[C@H](O)[C@@H]2O)[C@@H](O)[C@@H](O)[C@@H]1O. The third kappa shape index (κ3) is 6.49. The van der Waals surface area contributed by atoms with E-state index < -0.39 is 149 Å². The first-order valence-corrected chi connectivity index (χ1v) is 14.0. The third-order valence-electron chi connectivity index (χ3n) is 8.48. The molecule has 4 rings (SSSR count). The third-order valence-corrected chi connectivity index (χ3v) is 8.48. The van der Waals surface area contributed by atoms with Crippen molar-refractivity contribution in [3.05, 3.63) is 0 Å². The van der Waals surface area contributed by atoms with Crippen LogP contribution in [0.15, 0.2) is 0 Å². The van der Waals surface area contributed by atoms with Gasteiger partial charge in [0.2, 0.25) is 17.4 Å². The topological polar surface area (TPSA) is 348 Å². The van der Waals surface area contributed by atoms with Gasteiger partial charge >= 0.3 is 0 Å². The molecule has 4 saturated heterocycles. The molecule has 264 valence electrons. The van der Waals surface area contributed by atoms with Gasteiger partial charge in [-0.2, -0.15) is 0 Å². The van der Waals surface area contributed by atoms with Crippen molar-refractivity contribution in [3.63, 3.8) is 0 Å². The minimum absolute atomic E-state index is 0.809. The number of hydrogen-bond acceptors (Lipinski definition) is 21. The molecule has 0 aromatic carbocycles. The van der Waals surface area contributed by atoms with E-state index in [1.165, 1.54) is 0 Å². The molecule has 0 bridgehead atoms. The summed E-state index contributed by atoms with van der Waals surface area (Å²) < 4.78 is 38.7. The molecule has 4 fully saturated rings. The molecular weight excluding hydrogens is 624 g/mol. The maximum absolute atomic E-state index is 11.0. The molecule has 0 aromatic rings. The highest BCUT2D eigenvalue weighted by atomic mass is 16.8. The second-order valence-electron chi connectivity index (χ2n) is 11.3. The van der Waals surface area contributed by atoms with Crippen molar-refractivity contribution in [2.45, 2.75) is 103 Å². The Morgan fingerprint density at radius 1 is 0.444 bits per heavy atom. The summed E-state index contributed by atoms with van der Waals surface area (Å²) in [5.41, 5.74) is 0. The molecule has 4 heterocycles. The second kappa shape index (κ2) is 14.3. The molecular formula is C24H42O21. The van der Waals surface area contributed by atoms with Crippen LogP contribution in [0.4, 0.5) is 0 Å². The number of hydrogen-bond donors (Lipinski definition) is 14. The Morgan fingerprint density at radius 2 is 0.844 bits per heavy atom. The molecule has 17 atom stereocenters. The van der Waals surface area contributed by atoms with Crippen LogP contribution in [0.1, 0.15) is 0 Å². The number of aliphatic hydroxyl groups excluding tert-OH is 14. The van der Waals surface area contributed by atoms with Crippen molar-refractivity contribution in [2.75, 3.05) is 46.2 Å². The molecule has 0 unspecified atom stereocenters. The van der Waals surface area contributed by atoms with Gasteiger partial charge in [0.15, 0.2) is 6.29 Å². The largest absolute Gasteiger partial charge is 0.394 e. The van der Waals surface area contributed by atoms with Crippen molar-refractivity contribution < 1.29 is 105 Å². The van der Waals surface area contributed by atoms with Crippen LogP contribution in [0.25, 0.3) is 0 Å². The first-order valence-electron chi connectivity index (χ1n) is 14.0. The number of aliphatic hydroxyl groups is 14. The van der Waals surface area contributed by atoms with Crippen LogP contribution in [0.2, 0.25) is 0 Å². The highest BCUT2D eigenvalue weighted by Gasteiger charge is 2.64. The van der Waals surface area contributed by atoms with Gasteiger partial charge in [-0.1, -0.05) is 0 Å². The van der Waals surface area contributed by atoms with Gasteiger partial charge in [0.1, 0.15) is 99.2 Å². The fourth-order valence-corrected chi connectivity index (χ4v) is 5.65. The Kier molecular flexibility index (Phi) is 11.8. The summed E-state index contributed by atoms with van der Waals surface area (Å²) >= 11 is 0. The van der Waals surface area contributed by atoms with Crippen molar-refractivity contribution in [1.82, 2.24) is 0 Å². The fraction of sp³-hybridized carbons (Fsp3) is 1.00. The summed E-state index contributed by atoms with van der Waals surface area (Å²) in [6.07, 6.45) is -25.6. The first-order chi connectivity index (χ1) is 21.2. The lowest BCUT2D eigenvalue weighted by atomic mass is 9.99. The number of ether oxygens (including phenoxy) is 7. The first kappa shape index (κ1) is 37.0. The van der Waals surface area contributed by atoms with Crippen LogP contribution in [0, 0.1) is 0 Å². The minimum atomic E-state index is -2.67. The van der Waals surface area contributed by atoms with Gasteiger partial charge in [0.25, 0.3) is 0 Å². The summed E-state index contributed by atoms with van der Waals surface area (Å²) in [7, 11) is 0. The van der Waals surface area contributed by atoms with E-state index in [4.69, 9.17) is 33.2 Å². The van der Waals surface area contributed by atoms with Crippen molar-refractivity contribution >= 4 is 0 Å². The quantitative estimate of drug-likeness (QED) is 0.0867. The number of rotatable bonds is 13. The van der Waals surface area contributed by atoms with Crippen LogP contribution in [-0.4, -0.2) is 221 Å². The lowest BCUT2D eigenvalue weighted by molar-refractivity contribution is -0.404. The summed E-state index contributed by atoms with van der Waals surface area (Å²) in [4.78, 5) is 0. The Labute approximate surface area is 254 Å². The normalized spacial score (nSPS) is 52.1. The van der Waals surface area contributed by atoms with Crippen LogP contribution < -0.4 is 0 Å². The van der Waals surface area contributed by atoms with E-state index in [-0.39, 0.29) is 0 Å². The van der Waals surface area contributed by atoms with E-state index in [0.717, 1.165) is 0 Å². The van der Waals surface area contributed by atoms with E-state index in [1.54, 1.807) is 0 Å². The predicted octanol–water partition coefficient (Wildman–Crippen LogP) is -9.74. The average molecular weight is 667 g/mol. The monoisotopic (exact) mass is 666 g/mol. The van der Waals surface area contributed by atoms with E-state index >= 15 is 0 Å². The Morgan fingerprint density at radius 3 is 1.31 bits per heavy atom. The van der Waals surface area contributed by atoms with Crippen molar-refractivity contribution in [3.8, 4) is 0 Å². The Bertz CT molecular complexity index is 962. The zero-order chi connectivity index (χ0) is 33.5. The molecule has 0 radical (unpaired) electrons. The maximum Gasteiger partial charge on any atom is 0.224 e. The van der Waals surface area contributed by atoms with E-state index in [1.807, 2.05) is 0 Å². The van der Waals surface area contributed by atoms with E-state index in [9.17, 15) is 71.5 Å². The van der Waals surface area contributed by atoms with Gasteiger partial charge in [0.05, 0.1) is 26.4 Å². The van der Waals surface area contributed by atoms with E-state index in [0.29, 0.717) is 0 Å². The maximum atomic E-state index is 11.0. The highest BCUT2D eigenvalue weighted by molar-refractivity contribution is 5.03. The summed E-state index contributed by atoms with van der Waals surface area (Å²) in [5, 5.41) is 143. The lowest BCUT2D eigenvalue weighted by Crippen LogP contribution is -2.63. The summed E-state index contributed by atoms with van der Waals surface area (Å²) in [6.45, 7) is -6.84. The minimum Gasteiger partial charge on any atom is -0.394 e. The predicted molar refractivity (Wildman–Crippen MR) is 134 cm³/mol. The smallest absolute Gasteiger partial charge is 0.224 e. The molecule has 4 aliphatic rings. The highest BCUT2D eigenvalue weighted by Crippen LogP contribution is 2.41. The van der Waals surface area contributed by atoms with Crippen molar-refractivity contribution in [1.29, 1.82) is 0 Å². The second-order valence-corrected chi connectivity index (χ2v) is 11.3. The summed E-state index contributed by atoms with van der Waals surface area (Å²) in [5.74, 6) is -7.73. The van der Waals surface area contributed by atoms with Crippen LogP contribution in [0.5, 0.6) is 0 Å². The molecule has 14 N–H and O–H groups in total. The Balaban J connectivity index is 1.65. The molecule has 45 heavy (non-hydrogen) atoms. The molecule has 0 spiro atoms. The van der Waals surface area contributed by atoms with Gasteiger partial charge in [-0.25, -0.2) is 0 Å². The molecule has 21 nitrogen and oxygen atoms in total. The van der Waals surface area contributed by atoms with Crippen molar-refractivity contribution in [2.24, 2.45) is 0 Å². The van der Waals surface area contributed by atoms with Crippen LogP contribution >= 0.6 is 0 Å². The Hall–Kier alpha value is -0.840. The molecule has 21 heteroatoms. The van der Waals surface area contributed by atoms with Crippen LogP contribution in [-0.2, 0) is 33.2 Å². The van der Waals surface area contributed by atoms with Gasteiger partial charge in [0, 0.05) is 0 Å². The standard InChI is InChI=1S/C24H42O21/c25-1-8-12(30)16(34)17(35)21(41-8)45-24(20(38)15(33)11(4-28)44-24)7-40-23(19(37)14(32)10(3-27)43-23)6-39-22(5-29)18(36)13(31)9(2-26)42-22/h8-21,25-38H,1-7H2/t8-,9+,10+,11+,12+,13-,14-,15-,16-,17-,18-,19-,20-,21-,22+,23+,24-/m0/s1. The fourth-order valence-electron chi connectivity index (χ4n) is 5.65. The lowest BCUT2D eigenvalue weighted by Gasteiger charge is -2.44. The van der Waals surface area contributed by atoms with Gasteiger partial charge in [-0.3, -0.25) is 0 Å². The van der Waals surface area contributed by atoms with Gasteiger partial charge in [-0.15, -0.1) is 0 Å². The zero-order valence-electron chi connectivity index (χ0n) is 23.7. The van der Waals surface area contributed by atoms with E-state index in [2.05, 4.69) is 0 Å². The zero-order valence-corrected chi connectivity index (χ0v) is 23.7. The van der Waals surface area contributed by atoms with Gasteiger partial charge < -0.3 is 105 Å².